The van der Waals surface area contributed by atoms with E-state index in [4.69, 9.17) is 10.3 Å². The first-order valence-electron chi connectivity index (χ1n) is 4.84. The average Bonchev–Trinajstić information content (AvgIpc) is 2.67. The number of nitrogens with one attached hydrogen (secondary N) is 1. The number of aromatic nitrogens is 4. The van der Waals surface area contributed by atoms with Gasteiger partial charge in [-0.3, -0.25) is 0 Å². The molecule has 0 aromatic carbocycles. The summed E-state index contributed by atoms with van der Waals surface area (Å²) in [6.45, 7) is 2.44. The zero-order chi connectivity index (χ0) is 11.4. The van der Waals surface area contributed by atoms with Crippen LogP contribution in [0.15, 0.2) is 16.9 Å². The first-order chi connectivity index (χ1) is 7.74. The Hall–Kier alpha value is -2.18. The van der Waals surface area contributed by atoms with Crippen LogP contribution in [0.5, 0.6) is 0 Å². The summed E-state index contributed by atoms with van der Waals surface area (Å²) in [5, 5.41) is 6.77. The van der Waals surface area contributed by atoms with Gasteiger partial charge < -0.3 is 15.6 Å². The number of rotatable bonds is 4. The van der Waals surface area contributed by atoms with Gasteiger partial charge in [0.25, 0.3) is 0 Å². The number of hydrogen-bond donors (Lipinski definition) is 2. The van der Waals surface area contributed by atoms with Gasteiger partial charge in [-0.1, -0.05) is 5.16 Å². The maximum Gasteiger partial charge on any atom is 0.228 e. The van der Waals surface area contributed by atoms with Gasteiger partial charge in [-0.05, 0) is 6.92 Å². The third-order valence-corrected chi connectivity index (χ3v) is 1.89. The fourth-order valence-electron chi connectivity index (χ4n) is 1.17. The fourth-order valence-corrected chi connectivity index (χ4v) is 1.17. The van der Waals surface area contributed by atoms with E-state index in [9.17, 15) is 0 Å². The molecular weight excluding hydrogens is 208 g/mol. The van der Waals surface area contributed by atoms with E-state index in [1.54, 1.807) is 13.1 Å². The van der Waals surface area contributed by atoms with Crippen molar-refractivity contribution in [1.29, 1.82) is 0 Å². The van der Waals surface area contributed by atoms with E-state index >= 15 is 0 Å². The van der Waals surface area contributed by atoms with Crippen molar-refractivity contribution in [2.75, 3.05) is 17.6 Å². The number of anilines is 2. The van der Waals surface area contributed by atoms with Gasteiger partial charge >= 0.3 is 0 Å². The largest absolute Gasteiger partial charge is 0.382 e. The Kier molecular flexibility index (Phi) is 2.95. The normalized spacial score (nSPS) is 10.3. The molecule has 7 nitrogen and oxygen atoms in total. The molecule has 16 heavy (non-hydrogen) atoms. The fraction of sp³-hybridized carbons (Fsp3) is 0.333. The topological polar surface area (TPSA) is 103 Å². The third-order valence-electron chi connectivity index (χ3n) is 1.89. The Balaban J connectivity index is 1.82. The van der Waals surface area contributed by atoms with Crippen LogP contribution in [0.4, 0.5) is 11.6 Å². The van der Waals surface area contributed by atoms with Crippen molar-refractivity contribution in [3.8, 4) is 0 Å². The molecule has 0 bridgehead atoms. The van der Waals surface area contributed by atoms with Gasteiger partial charge in [0.1, 0.15) is 11.6 Å². The van der Waals surface area contributed by atoms with E-state index in [2.05, 4.69) is 25.4 Å². The molecule has 2 rings (SSSR count). The molecule has 0 unspecified atom stereocenters. The molecule has 3 N–H and O–H groups in total. The summed E-state index contributed by atoms with van der Waals surface area (Å²) in [6, 6.07) is 0. The van der Waals surface area contributed by atoms with Gasteiger partial charge in [0.2, 0.25) is 5.89 Å². The predicted molar refractivity (Wildman–Crippen MR) is 57.7 cm³/mol. The quantitative estimate of drug-likeness (QED) is 0.768. The van der Waals surface area contributed by atoms with Crippen LogP contribution in [-0.4, -0.2) is 26.7 Å². The molecule has 0 atom stereocenters. The van der Waals surface area contributed by atoms with Gasteiger partial charge in [-0.2, -0.15) is 4.98 Å². The van der Waals surface area contributed by atoms with Gasteiger partial charge in [0, 0.05) is 13.0 Å². The molecule has 84 valence electrons. The van der Waals surface area contributed by atoms with Gasteiger partial charge in [0.15, 0.2) is 5.82 Å². The maximum atomic E-state index is 5.41. The van der Waals surface area contributed by atoms with Gasteiger partial charge in [-0.15, -0.1) is 0 Å². The summed E-state index contributed by atoms with van der Waals surface area (Å²) in [7, 11) is 0. The maximum absolute atomic E-state index is 5.41. The van der Waals surface area contributed by atoms with E-state index in [-0.39, 0.29) is 0 Å². The highest BCUT2D eigenvalue weighted by molar-refractivity contribution is 5.35. The molecule has 0 spiro atoms. The summed E-state index contributed by atoms with van der Waals surface area (Å²) in [6.07, 6.45) is 3.72. The molecule has 2 aromatic rings. The summed E-state index contributed by atoms with van der Waals surface area (Å²) in [5.41, 5.74) is 5.41. The predicted octanol–water partition coefficient (Wildman–Crippen LogP) is 0.405. The standard InChI is InChI=1S/C9H12N6O/c1-6-14-9(16-15-6)2-3-11-8-5-12-7(10)4-13-8/h4-5H,2-3H2,1H3,(H2,10,12)(H,11,13). The van der Waals surface area contributed by atoms with Crippen molar-refractivity contribution in [2.24, 2.45) is 0 Å². The van der Waals surface area contributed by atoms with Crippen LogP contribution < -0.4 is 11.1 Å². The summed E-state index contributed by atoms with van der Waals surface area (Å²) < 4.78 is 4.96. The van der Waals surface area contributed by atoms with Crippen LogP contribution in [0.1, 0.15) is 11.7 Å². The summed E-state index contributed by atoms with van der Waals surface area (Å²) >= 11 is 0. The van der Waals surface area contributed by atoms with Crippen LogP contribution in [0.2, 0.25) is 0 Å². The highest BCUT2D eigenvalue weighted by Gasteiger charge is 2.02. The van der Waals surface area contributed by atoms with Crippen molar-refractivity contribution in [1.82, 2.24) is 20.1 Å². The zero-order valence-electron chi connectivity index (χ0n) is 8.84. The molecule has 0 saturated heterocycles. The van der Waals surface area contributed by atoms with Crippen LogP contribution in [0.25, 0.3) is 0 Å². The van der Waals surface area contributed by atoms with E-state index in [1.807, 2.05) is 0 Å². The molecule has 0 saturated carbocycles. The SMILES string of the molecule is Cc1noc(CCNc2cnc(N)cn2)n1. The highest BCUT2D eigenvalue weighted by atomic mass is 16.5. The third kappa shape index (κ3) is 2.66. The average molecular weight is 220 g/mol. The molecule has 0 radical (unpaired) electrons. The summed E-state index contributed by atoms with van der Waals surface area (Å²) in [5.74, 6) is 2.32. The van der Waals surface area contributed by atoms with Gasteiger partial charge in [-0.25, -0.2) is 9.97 Å². The minimum Gasteiger partial charge on any atom is -0.382 e. The summed E-state index contributed by atoms with van der Waals surface area (Å²) in [4.78, 5) is 12.0. The highest BCUT2D eigenvalue weighted by Crippen LogP contribution is 2.02. The lowest BCUT2D eigenvalue weighted by Crippen LogP contribution is -2.07. The van der Waals surface area contributed by atoms with Gasteiger partial charge in [0.05, 0.1) is 12.4 Å². The minimum atomic E-state index is 0.401. The molecule has 0 fully saturated rings. The number of nitrogen functional groups attached to an aromatic ring is 1. The Bertz CT molecular complexity index is 451. The molecule has 2 aromatic heterocycles. The lowest BCUT2D eigenvalue weighted by molar-refractivity contribution is 0.377. The second kappa shape index (κ2) is 4.56. The molecule has 0 aliphatic carbocycles. The lowest BCUT2D eigenvalue weighted by Gasteiger charge is -2.02. The molecule has 0 aliphatic heterocycles. The monoisotopic (exact) mass is 220 g/mol. The van der Waals surface area contributed by atoms with Crippen LogP contribution in [0.3, 0.4) is 0 Å². The van der Waals surface area contributed by atoms with Crippen molar-refractivity contribution in [2.45, 2.75) is 13.3 Å². The Morgan fingerprint density at radius 3 is 2.88 bits per heavy atom. The van der Waals surface area contributed by atoms with Crippen LogP contribution in [-0.2, 0) is 6.42 Å². The molecule has 0 amide bonds. The number of nitrogens with two attached hydrogens (primary N) is 1. The Labute approximate surface area is 92.1 Å². The van der Waals surface area contributed by atoms with E-state index < -0.39 is 0 Å². The van der Waals surface area contributed by atoms with Crippen LogP contribution in [0, 0.1) is 6.92 Å². The second-order valence-electron chi connectivity index (χ2n) is 3.24. The first kappa shape index (κ1) is 10.3. The van der Waals surface area contributed by atoms with E-state index in [0.29, 0.717) is 36.3 Å². The number of nitrogens with zero attached hydrogens (tertiary/aromatic N) is 4. The van der Waals surface area contributed by atoms with Crippen molar-refractivity contribution in [3.05, 3.63) is 24.1 Å². The molecule has 7 heteroatoms. The number of hydrogen-bond acceptors (Lipinski definition) is 7. The smallest absolute Gasteiger partial charge is 0.228 e. The molecule has 2 heterocycles. The zero-order valence-corrected chi connectivity index (χ0v) is 8.84. The first-order valence-corrected chi connectivity index (χ1v) is 4.84. The Morgan fingerprint density at radius 1 is 1.38 bits per heavy atom. The van der Waals surface area contributed by atoms with Crippen LogP contribution >= 0.6 is 0 Å². The van der Waals surface area contributed by atoms with E-state index in [0.717, 1.165) is 0 Å². The lowest BCUT2D eigenvalue weighted by atomic mass is 10.4. The second-order valence-corrected chi connectivity index (χ2v) is 3.24. The van der Waals surface area contributed by atoms with E-state index in [1.165, 1.54) is 6.20 Å². The molecule has 0 aliphatic rings. The minimum absolute atomic E-state index is 0.401. The Morgan fingerprint density at radius 2 is 2.25 bits per heavy atom. The number of aryl methyl sites for hydroxylation is 1. The van der Waals surface area contributed by atoms with Crippen molar-refractivity contribution < 1.29 is 4.52 Å². The molecular formula is C9H12N6O. The van der Waals surface area contributed by atoms with Crippen molar-refractivity contribution >= 4 is 11.6 Å². The van der Waals surface area contributed by atoms with Crippen molar-refractivity contribution in [3.63, 3.8) is 0 Å².